The second-order valence-corrected chi connectivity index (χ2v) is 8.91. The van der Waals surface area contributed by atoms with Crippen molar-refractivity contribution in [3.8, 4) is 0 Å². The molecule has 11 heteroatoms. The summed E-state index contributed by atoms with van der Waals surface area (Å²) in [5.41, 5.74) is 5.16. The molecular formula is C14H23ClN4O4S2. The Balaban J connectivity index is 0.00000312. The molecule has 1 aliphatic rings. The molecule has 1 aromatic rings. The molecule has 142 valence electrons. The maximum Gasteiger partial charge on any atom is 0.244 e. The van der Waals surface area contributed by atoms with E-state index in [1.165, 1.54) is 15.6 Å². The molecule has 1 fully saturated rings. The third-order valence-corrected chi connectivity index (χ3v) is 6.95. The zero-order valence-electron chi connectivity index (χ0n) is 14.1. The lowest BCUT2D eigenvalue weighted by Gasteiger charge is -2.34. The molecule has 1 aliphatic heterocycles. The van der Waals surface area contributed by atoms with Crippen molar-refractivity contribution in [1.29, 1.82) is 0 Å². The van der Waals surface area contributed by atoms with Crippen LogP contribution in [0.4, 0.5) is 0 Å². The highest BCUT2D eigenvalue weighted by molar-refractivity contribution is 7.89. The first-order valence-corrected chi connectivity index (χ1v) is 9.83. The number of nitrogens with zero attached hydrogens (tertiary/aromatic N) is 2. The van der Waals surface area contributed by atoms with Gasteiger partial charge in [-0.25, -0.2) is 8.42 Å². The maximum absolute atomic E-state index is 12.7. The van der Waals surface area contributed by atoms with Gasteiger partial charge in [-0.15, -0.1) is 23.7 Å². The van der Waals surface area contributed by atoms with Gasteiger partial charge in [-0.2, -0.15) is 4.31 Å². The van der Waals surface area contributed by atoms with E-state index in [0.717, 1.165) is 9.75 Å². The number of halogens is 1. The number of nitrogens with two attached hydrogens (primary N) is 1. The van der Waals surface area contributed by atoms with Gasteiger partial charge in [-0.1, -0.05) is 0 Å². The molecule has 1 aromatic heterocycles. The van der Waals surface area contributed by atoms with E-state index >= 15 is 0 Å². The van der Waals surface area contributed by atoms with Crippen LogP contribution in [0, 0.1) is 13.8 Å². The molecule has 0 saturated carbocycles. The normalized spacial score (nSPS) is 15.6. The first-order valence-electron chi connectivity index (χ1n) is 7.57. The van der Waals surface area contributed by atoms with Gasteiger partial charge in [0.05, 0.1) is 18.0 Å². The predicted octanol–water partition coefficient (Wildman–Crippen LogP) is -0.305. The largest absolute Gasteiger partial charge is 0.346 e. The van der Waals surface area contributed by atoms with Gasteiger partial charge in [0.25, 0.3) is 0 Å². The highest BCUT2D eigenvalue weighted by atomic mass is 35.5. The van der Waals surface area contributed by atoms with Crippen LogP contribution in [0.2, 0.25) is 0 Å². The topological polar surface area (TPSA) is 113 Å². The van der Waals surface area contributed by atoms with E-state index in [2.05, 4.69) is 5.32 Å². The minimum atomic E-state index is -3.53. The number of hydrogen-bond acceptors (Lipinski definition) is 6. The van der Waals surface area contributed by atoms with Gasteiger partial charge < -0.3 is 16.0 Å². The van der Waals surface area contributed by atoms with Gasteiger partial charge in [0, 0.05) is 35.9 Å². The fourth-order valence-corrected chi connectivity index (χ4v) is 5.48. The number of piperazine rings is 1. The monoisotopic (exact) mass is 410 g/mol. The fourth-order valence-electron chi connectivity index (χ4n) is 2.54. The van der Waals surface area contributed by atoms with Crippen LogP contribution in [0.3, 0.4) is 0 Å². The van der Waals surface area contributed by atoms with E-state index in [9.17, 15) is 18.0 Å². The molecule has 0 aliphatic carbocycles. The maximum atomic E-state index is 12.7. The number of sulfonamides is 1. The van der Waals surface area contributed by atoms with Gasteiger partial charge in [0.2, 0.25) is 21.8 Å². The molecular weight excluding hydrogens is 388 g/mol. The van der Waals surface area contributed by atoms with E-state index in [4.69, 9.17) is 5.73 Å². The number of thiophene rings is 1. The van der Waals surface area contributed by atoms with E-state index < -0.39 is 15.9 Å². The number of nitrogens with one attached hydrogen (secondary N) is 1. The molecule has 2 heterocycles. The third-order valence-electron chi connectivity index (χ3n) is 3.83. The summed E-state index contributed by atoms with van der Waals surface area (Å²) >= 11 is 1.46. The van der Waals surface area contributed by atoms with Crippen LogP contribution < -0.4 is 11.1 Å². The van der Waals surface area contributed by atoms with Crippen molar-refractivity contribution >= 4 is 45.6 Å². The van der Waals surface area contributed by atoms with Crippen molar-refractivity contribution in [2.45, 2.75) is 18.7 Å². The predicted molar refractivity (Wildman–Crippen MR) is 98.4 cm³/mol. The zero-order chi connectivity index (χ0) is 17.9. The highest BCUT2D eigenvalue weighted by Gasteiger charge is 2.31. The smallest absolute Gasteiger partial charge is 0.244 e. The van der Waals surface area contributed by atoms with Crippen LogP contribution in [0.1, 0.15) is 9.75 Å². The standard InChI is InChI=1S/C14H22N4O4S2.ClH/c1-10-7-12(11(2)23-10)24(21,22)18-5-3-17(4-6-18)14(20)9-16-13(19)8-15;/h7H,3-6,8-9,15H2,1-2H3,(H,16,19);1H. The van der Waals surface area contributed by atoms with E-state index in [1.807, 2.05) is 6.92 Å². The number of rotatable bonds is 5. The van der Waals surface area contributed by atoms with Crippen LogP contribution >= 0.6 is 23.7 Å². The Morgan fingerprint density at radius 1 is 1.24 bits per heavy atom. The quantitative estimate of drug-likeness (QED) is 0.691. The van der Waals surface area contributed by atoms with E-state index in [1.54, 1.807) is 17.9 Å². The summed E-state index contributed by atoms with van der Waals surface area (Å²) < 4.78 is 26.8. The van der Waals surface area contributed by atoms with Crippen molar-refractivity contribution in [3.05, 3.63) is 15.8 Å². The number of amides is 2. The van der Waals surface area contributed by atoms with Crippen LogP contribution in [0.5, 0.6) is 0 Å². The minimum Gasteiger partial charge on any atom is -0.346 e. The molecule has 2 rings (SSSR count). The second kappa shape index (κ2) is 8.95. The molecule has 8 nitrogen and oxygen atoms in total. The van der Waals surface area contributed by atoms with Crippen molar-refractivity contribution in [2.75, 3.05) is 39.3 Å². The Morgan fingerprint density at radius 2 is 1.84 bits per heavy atom. The molecule has 0 bridgehead atoms. The summed E-state index contributed by atoms with van der Waals surface area (Å²) in [6.45, 7) is 4.48. The molecule has 0 atom stereocenters. The molecule has 1 saturated heterocycles. The average Bonchev–Trinajstić information content (AvgIpc) is 2.91. The lowest BCUT2D eigenvalue weighted by atomic mass is 10.3. The van der Waals surface area contributed by atoms with Crippen LogP contribution in [-0.4, -0.2) is 68.7 Å². The highest BCUT2D eigenvalue weighted by Crippen LogP contribution is 2.28. The van der Waals surface area contributed by atoms with Crippen molar-refractivity contribution < 1.29 is 18.0 Å². The number of aryl methyl sites for hydroxylation is 2. The molecule has 0 aromatic carbocycles. The van der Waals surface area contributed by atoms with Gasteiger partial charge in [0.15, 0.2) is 0 Å². The van der Waals surface area contributed by atoms with E-state index in [0.29, 0.717) is 18.0 Å². The summed E-state index contributed by atoms with van der Waals surface area (Å²) in [6, 6.07) is 1.69. The summed E-state index contributed by atoms with van der Waals surface area (Å²) in [4.78, 5) is 26.7. The SMILES string of the molecule is Cc1cc(S(=O)(=O)N2CCN(C(=O)CNC(=O)CN)CC2)c(C)s1.Cl. The first kappa shape index (κ1) is 21.8. The summed E-state index contributed by atoms with van der Waals surface area (Å²) in [7, 11) is -3.53. The molecule has 0 spiro atoms. The van der Waals surface area contributed by atoms with Crippen molar-refractivity contribution in [2.24, 2.45) is 5.73 Å². The molecule has 2 amide bonds. The Bertz CT molecular complexity index is 727. The van der Waals surface area contributed by atoms with E-state index in [-0.39, 0.29) is 44.5 Å². The van der Waals surface area contributed by atoms with Gasteiger partial charge >= 0.3 is 0 Å². The van der Waals surface area contributed by atoms with Gasteiger partial charge in [0.1, 0.15) is 0 Å². The first-order chi connectivity index (χ1) is 11.3. The van der Waals surface area contributed by atoms with Crippen LogP contribution in [-0.2, 0) is 19.6 Å². The molecule has 0 unspecified atom stereocenters. The van der Waals surface area contributed by atoms with Crippen LogP contribution in [0.15, 0.2) is 11.0 Å². The zero-order valence-corrected chi connectivity index (χ0v) is 16.6. The lowest BCUT2D eigenvalue weighted by molar-refractivity contribution is -0.133. The second-order valence-electron chi connectivity index (χ2n) is 5.54. The average molecular weight is 411 g/mol. The summed E-state index contributed by atoms with van der Waals surface area (Å²) in [5, 5.41) is 2.42. The van der Waals surface area contributed by atoms with Crippen molar-refractivity contribution in [1.82, 2.24) is 14.5 Å². The Morgan fingerprint density at radius 3 is 2.32 bits per heavy atom. The molecule has 0 radical (unpaired) electrons. The van der Waals surface area contributed by atoms with Gasteiger partial charge in [-0.3, -0.25) is 9.59 Å². The number of carbonyl (C=O) groups is 2. The Kier molecular flexibility index (Phi) is 7.82. The minimum absolute atomic E-state index is 0. The molecule has 3 N–H and O–H groups in total. The van der Waals surface area contributed by atoms with Gasteiger partial charge in [-0.05, 0) is 19.9 Å². The van der Waals surface area contributed by atoms with Crippen molar-refractivity contribution in [3.63, 3.8) is 0 Å². The summed E-state index contributed by atoms with van der Waals surface area (Å²) in [5.74, 6) is -0.635. The number of hydrogen-bond donors (Lipinski definition) is 2. The van der Waals surface area contributed by atoms with Crippen LogP contribution in [0.25, 0.3) is 0 Å². The fraction of sp³-hybridized carbons (Fsp3) is 0.571. The Hall–Kier alpha value is -1.20. The number of carbonyl (C=O) groups excluding carboxylic acids is 2. The Labute approximate surface area is 157 Å². The molecule has 25 heavy (non-hydrogen) atoms. The third kappa shape index (κ3) is 5.14. The summed E-state index contributed by atoms with van der Waals surface area (Å²) in [6.07, 6.45) is 0. The lowest BCUT2D eigenvalue weighted by Crippen LogP contribution is -2.52.